The van der Waals surface area contributed by atoms with E-state index < -0.39 is 22.2 Å². The number of methoxy groups -OCH3 is 1. The molecule has 0 aliphatic carbocycles. The van der Waals surface area contributed by atoms with Crippen LogP contribution in [0.15, 0.2) is 18.2 Å². The molecule has 1 aromatic rings. The molecule has 2 heterocycles. The van der Waals surface area contributed by atoms with E-state index in [1.807, 2.05) is 0 Å². The van der Waals surface area contributed by atoms with Crippen LogP contribution in [0.25, 0.3) is 0 Å². The lowest BCUT2D eigenvalue weighted by atomic mass is 10.1. The quantitative estimate of drug-likeness (QED) is 0.547. The van der Waals surface area contributed by atoms with E-state index in [0.717, 1.165) is 0 Å². The van der Waals surface area contributed by atoms with E-state index in [0.29, 0.717) is 56.1 Å². The van der Waals surface area contributed by atoms with Crippen LogP contribution in [0.3, 0.4) is 0 Å². The number of carbonyl (C=O) groups excluding carboxylic acids is 2. The highest BCUT2D eigenvalue weighted by Gasteiger charge is 2.30. The van der Waals surface area contributed by atoms with Gasteiger partial charge in [0, 0.05) is 25.7 Å². The highest BCUT2D eigenvalue weighted by Crippen LogP contribution is 2.25. The van der Waals surface area contributed by atoms with Gasteiger partial charge in [0.2, 0.25) is 5.91 Å². The highest BCUT2D eigenvalue weighted by molar-refractivity contribution is 7.87. The van der Waals surface area contributed by atoms with Crippen molar-refractivity contribution in [2.75, 3.05) is 53.1 Å². The summed E-state index contributed by atoms with van der Waals surface area (Å²) >= 11 is 0. The van der Waals surface area contributed by atoms with Crippen LogP contribution in [0.2, 0.25) is 0 Å². The molecule has 32 heavy (non-hydrogen) atoms. The highest BCUT2D eigenvalue weighted by atomic mass is 32.2. The topological polar surface area (TPSA) is 135 Å². The summed E-state index contributed by atoms with van der Waals surface area (Å²) in [6, 6.07) is 4.00. The summed E-state index contributed by atoms with van der Waals surface area (Å²) in [5.41, 5.74) is 0.380. The molecule has 3 N–H and O–H groups in total. The van der Waals surface area contributed by atoms with Crippen molar-refractivity contribution in [1.82, 2.24) is 19.7 Å². The molecule has 0 aromatic heterocycles. The monoisotopic (exact) mass is 470 g/mol. The molecule has 0 unspecified atom stereocenters. The van der Waals surface area contributed by atoms with Gasteiger partial charge in [-0.3, -0.25) is 9.59 Å². The van der Waals surface area contributed by atoms with Crippen molar-refractivity contribution < 1.29 is 32.2 Å². The first kappa shape index (κ1) is 24.2. The van der Waals surface area contributed by atoms with Gasteiger partial charge in [0.15, 0.2) is 0 Å². The zero-order valence-corrected chi connectivity index (χ0v) is 18.9. The van der Waals surface area contributed by atoms with Gasteiger partial charge >= 0.3 is 0 Å². The van der Waals surface area contributed by atoms with E-state index in [4.69, 9.17) is 14.2 Å². The van der Waals surface area contributed by atoms with Crippen molar-refractivity contribution >= 4 is 22.0 Å². The van der Waals surface area contributed by atoms with E-state index in [1.165, 1.54) is 11.4 Å². The number of ether oxygens (including phenoxy) is 3. The SMILES string of the molecule is COc1ccc2c(c1)OCCNC(=O)[C@@H](NS(=O)(=O)N1CCOCC1)CCCCNC2=O. The Bertz CT molecular complexity index is 903. The second-order valence-corrected chi connectivity index (χ2v) is 9.14. The summed E-state index contributed by atoms with van der Waals surface area (Å²) < 4.78 is 45.3. The zero-order valence-electron chi connectivity index (χ0n) is 18.1. The number of nitrogens with zero attached hydrogens (tertiary/aromatic N) is 1. The van der Waals surface area contributed by atoms with Crippen molar-refractivity contribution in [2.24, 2.45) is 0 Å². The fourth-order valence-electron chi connectivity index (χ4n) is 3.45. The van der Waals surface area contributed by atoms with Gasteiger partial charge in [-0.2, -0.15) is 17.4 Å². The molecule has 2 aliphatic heterocycles. The summed E-state index contributed by atoms with van der Waals surface area (Å²) in [6.45, 7) is 1.75. The van der Waals surface area contributed by atoms with E-state index in [9.17, 15) is 18.0 Å². The van der Waals surface area contributed by atoms with Gasteiger partial charge < -0.3 is 24.8 Å². The molecule has 1 atom stereocenters. The third-order valence-corrected chi connectivity index (χ3v) is 6.84. The Morgan fingerprint density at radius 3 is 2.62 bits per heavy atom. The average Bonchev–Trinajstić information content (AvgIpc) is 2.80. The van der Waals surface area contributed by atoms with Crippen LogP contribution in [-0.4, -0.2) is 83.7 Å². The number of benzene rings is 1. The molecule has 12 heteroatoms. The number of rotatable bonds is 4. The molecular formula is C20H30N4O7S. The first-order valence-corrected chi connectivity index (χ1v) is 12.1. The van der Waals surface area contributed by atoms with Crippen LogP contribution in [0.1, 0.15) is 29.6 Å². The normalized spacial score (nSPS) is 22.0. The Kier molecular flexibility index (Phi) is 8.67. The van der Waals surface area contributed by atoms with Gasteiger partial charge in [0.25, 0.3) is 16.1 Å². The van der Waals surface area contributed by atoms with Crippen LogP contribution in [0.5, 0.6) is 11.5 Å². The minimum absolute atomic E-state index is 0.0993. The van der Waals surface area contributed by atoms with E-state index in [-0.39, 0.29) is 32.1 Å². The van der Waals surface area contributed by atoms with Gasteiger partial charge in [-0.1, -0.05) is 0 Å². The van der Waals surface area contributed by atoms with Crippen molar-refractivity contribution in [3.05, 3.63) is 23.8 Å². The summed E-state index contributed by atoms with van der Waals surface area (Å²) in [6.07, 6.45) is 1.44. The zero-order chi connectivity index (χ0) is 23.0. The van der Waals surface area contributed by atoms with Gasteiger partial charge in [0.05, 0.1) is 32.4 Å². The van der Waals surface area contributed by atoms with E-state index >= 15 is 0 Å². The molecule has 0 spiro atoms. The third kappa shape index (κ3) is 6.55. The molecule has 2 amide bonds. The van der Waals surface area contributed by atoms with E-state index in [1.54, 1.807) is 18.2 Å². The third-order valence-electron chi connectivity index (χ3n) is 5.22. The average molecular weight is 471 g/mol. The molecule has 1 fully saturated rings. The predicted molar refractivity (Wildman–Crippen MR) is 116 cm³/mol. The second kappa shape index (κ2) is 11.5. The number of carbonyl (C=O) groups is 2. The number of morpholine rings is 1. The Morgan fingerprint density at radius 1 is 1.09 bits per heavy atom. The van der Waals surface area contributed by atoms with Crippen LogP contribution in [-0.2, 0) is 19.7 Å². The van der Waals surface area contributed by atoms with Gasteiger partial charge in [0.1, 0.15) is 24.1 Å². The molecule has 2 aliphatic rings. The minimum Gasteiger partial charge on any atom is -0.497 e. The summed E-state index contributed by atoms with van der Waals surface area (Å²) in [5, 5.41) is 5.55. The van der Waals surface area contributed by atoms with Gasteiger partial charge in [-0.05, 0) is 31.4 Å². The molecule has 1 aromatic carbocycles. The van der Waals surface area contributed by atoms with Crippen LogP contribution < -0.4 is 24.8 Å². The van der Waals surface area contributed by atoms with Crippen molar-refractivity contribution in [3.8, 4) is 11.5 Å². The Morgan fingerprint density at radius 2 is 1.88 bits per heavy atom. The van der Waals surface area contributed by atoms with Gasteiger partial charge in [-0.25, -0.2) is 0 Å². The number of hydrogen-bond acceptors (Lipinski definition) is 7. The fraction of sp³-hybridized carbons (Fsp3) is 0.600. The molecular weight excluding hydrogens is 440 g/mol. The van der Waals surface area contributed by atoms with E-state index in [2.05, 4.69) is 15.4 Å². The lowest BCUT2D eigenvalue weighted by molar-refractivity contribution is -0.123. The molecule has 11 nitrogen and oxygen atoms in total. The summed E-state index contributed by atoms with van der Waals surface area (Å²) in [5.74, 6) is 0.197. The second-order valence-electron chi connectivity index (χ2n) is 7.44. The minimum atomic E-state index is -3.82. The van der Waals surface area contributed by atoms with Gasteiger partial charge in [-0.15, -0.1) is 0 Å². The smallest absolute Gasteiger partial charge is 0.280 e. The Labute approximate surface area is 187 Å². The largest absolute Gasteiger partial charge is 0.497 e. The number of hydrogen-bond donors (Lipinski definition) is 3. The molecule has 178 valence electrons. The molecule has 1 saturated heterocycles. The number of amides is 2. The fourth-order valence-corrected chi connectivity index (χ4v) is 4.81. The maximum atomic E-state index is 12.7. The van der Waals surface area contributed by atoms with Crippen LogP contribution >= 0.6 is 0 Å². The molecule has 3 rings (SSSR count). The summed E-state index contributed by atoms with van der Waals surface area (Å²) in [7, 11) is -2.31. The molecule has 0 saturated carbocycles. The van der Waals surface area contributed by atoms with Crippen molar-refractivity contribution in [3.63, 3.8) is 0 Å². The van der Waals surface area contributed by atoms with Crippen molar-refractivity contribution in [2.45, 2.75) is 25.3 Å². The maximum Gasteiger partial charge on any atom is 0.280 e. The first-order chi connectivity index (χ1) is 15.4. The Hall–Kier alpha value is -2.41. The standard InChI is InChI=1S/C20H30N4O7S/c1-29-15-5-6-16-18(14-15)31-11-8-22-20(26)17(4-2-3-7-21-19(16)25)23-32(27,28)24-9-12-30-13-10-24/h5-6,14,17,23H,2-4,7-13H2,1H3,(H,21,25)(H,22,26)/t17-/m0/s1. The number of fused-ring (bicyclic) bond motifs is 1. The lowest BCUT2D eigenvalue weighted by Crippen LogP contribution is -2.54. The van der Waals surface area contributed by atoms with Crippen LogP contribution in [0, 0.1) is 0 Å². The Balaban J connectivity index is 1.68. The molecule has 0 bridgehead atoms. The van der Waals surface area contributed by atoms with Crippen molar-refractivity contribution in [1.29, 1.82) is 0 Å². The first-order valence-electron chi connectivity index (χ1n) is 10.6. The maximum absolute atomic E-state index is 12.7. The number of nitrogens with one attached hydrogen (secondary N) is 3. The summed E-state index contributed by atoms with van der Waals surface area (Å²) in [4.78, 5) is 25.3. The van der Waals surface area contributed by atoms with Crippen LogP contribution in [0.4, 0.5) is 0 Å². The molecule has 0 radical (unpaired) electrons. The lowest BCUT2D eigenvalue weighted by Gasteiger charge is -2.28. The predicted octanol–water partition coefficient (Wildman–Crippen LogP) is -0.361.